The van der Waals surface area contributed by atoms with Crippen molar-refractivity contribution in [3.63, 3.8) is 0 Å². The number of aromatic nitrogens is 4. The molecule has 0 aliphatic rings. The van der Waals surface area contributed by atoms with Crippen LogP contribution in [0.4, 0.5) is 0 Å². The van der Waals surface area contributed by atoms with E-state index < -0.39 is 0 Å². The Morgan fingerprint density at radius 1 is 1.42 bits per heavy atom. The molecule has 0 aliphatic carbocycles. The number of halogens is 1. The quantitative estimate of drug-likeness (QED) is 0.650. The summed E-state index contributed by atoms with van der Waals surface area (Å²) in [5, 5.41) is 11.3. The van der Waals surface area contributed by atoms with Crippen molar-refractivity contribution in [1.29, 1.82) is 0 Å². The third kappa shape index (κ3) is 5.06. The van der Waals surface area contributed by atoms with Crippen molar-refractivity contribution in [2.75, 3.05) is 0 Å². The van der Waals surface area contributed by atoms with Crippen LogP contribution in [0.25, 0.3) is 0 Å². The van der Waals surface area contributed by atoms with Crippen molar-refractivity contribution in [1.82, 2.24) is 25.2 Å². The molecule has 0 spiro atoms. The number of amides is 1. The summed E-state index contributed by atoms with van der Waals surface area (Å²) in [6, 6.07) is 5.02. The molecule has 8 nitrogen and oxygen atoms in total. The molecule has 0 fully saturated rings. The summed E-state index contributed by atoms with van der Waals surface area (Å²) < 4.78 is 12.5. The van der Waals surface area contributed by atoms with E-state index in [0.29, 0.717) is 16.5 Å². The second kappa shape index (κ2) is 8.48. The van der Waals surface area contributed by atoms with Crippen molar-refractivity contribution in [2.24, 2.45) is 0 Å². The molecule has 1 amide bonds. The van der Waals surface area contributed by atoms with Gasteiger partial charge in [0.1, 0.15) is 12.4 Å². The molecule has 0 aromatic carbocycles. The fourth-order valence-electron chi connectivity index (χ4n) is 2.24. The van der Waals surface area contributed by atoms with Gasteiger partial charge in [-0.15, -0.1) is 0 Å². The van der Waals surface area contributed by atoms with Crippen molar-refractivity contribution in [3.05, 3.63) is 59.5 Å². The number of nitrogens with one attached hydrogen (secondary N) is 1. The molecule has 1 atom stereocenters. The summed E-state index contributed by atoms with van der Waals surface area (Å²) in [5.41, 5.74) is 0.207. The first-order chi connectivity index (χ1) is 12.6. The fourth-order valence-corrected chi connectivity index (χ4v) is 2.41. The Bertz CT molecular complexity index is 850. The second-order valence-corrected chi connectivity index (χ2v) is 6.17. The molecule has 3 aromatic rings. The normalized spacial score (nSPS) is 11.9. The van der Waals surface area contributed by atoms with E-state index in [-0.39, 0.29) is 24.2 Å². The smallest absolute Gasteiger partial charge is 0.273 e. The lowest BCUT2D eigenvalue weighted by Gasteiger charge is -2.12. The van der Waals surface area contributed by atoms with Crippen LogP contribution in [-0.4, -0.2) is 31.9 Å². The van der Waals surface area contributed by atoms with Gasteiger partial charge < -0.3 is 14.6 Å². The predicted octanol–water partition coefficient (Wildman–Crippen LogP) is 2.71. The maximum Gasteiger partial charge on any atom is 0.273 e. The van der Waals surface area contributed by atoms with Crippen molar-refractivity contribution in [2.45, 2.75) is 32.5 Å². The van der Waals surface area contributed by atoms with E-state index in [0.717, 1.165) is 13.0 Å². The van der Waals surface area contributed by atoms with Gasteiger partial charge in [-0.2, -0.15) is 5.10 Å². The highest BCUT2D eigenvalue weighted by molar-refractivity contribution is 6.30. The number of rotatable bonds is 8. The van der Waals surface area contributed by atoms with Gasteiger partial charge in [0.05, 0.1) is 11.2 Å². The Kier molecular flexibility index (Phi) is 5.85. The number of carbonyl (C=O) groups is 1. The highest BCUT2D eigenvalue weighted by Crippen LogP contribution is 2.17. The van der Waals surface area contributed by atoms with Crippen molar-refractivity contribution < 1.29 is 14.1 Å². The minimum atomic E-state index is -0.294. The van der Waals surface area contributed by atoms with Crippen LogP contribution in [0, 0.1) is 0 Å². The highest BCUT2D eigenvalue weighted by Gasteiger charge is 2.15. The minimum Gasteiger partial charge on any atom is -0.484 e. The van der Waals surface area contributed by atoms with Gasteiger partial charge in [0.15, 0.2) is 11.5 Å². The lowest BCUT2D eigenvalue weighted by molar-refractivity contribution is 0.0928. The van der Waals surface area contributed by atoms with Gasteiger partial charge in [-0.1, -0.05) is 16.8 Å². The van der Waals surface area contributed by atoms with E-state index in [2.05, 4.69) is 20.6 Å². The van der Waals surface area contributed by atoms with Crippen molar-refractivity contribution in [3.8, 4) is 5.75 Å². The predicted molar refractivity (Wildman–Crippen MR) is 93.9 cm³/mol. The van der Waals surface area contributed by atoms with Crippen LogP contribution in [0.1, 0.15) is 29.6 Å². The summed E-state index contributed by atoms with van der Waals surface area (Å²) in [7, 11) is 0. The largest absolute Gasteiger partial charge is 0.484 e. The minimum absolute atomic E-state index is 0.0272. The molecular formula is C17H18ClN5O3. The third-order valence-electron chi connectivity index (χ3n) is 3.58. The molecule has 0 saturated heterocycles. The summed E-state index contributed by atoms with van der Waals surface area (Å²) in [4.78, 5) is 16.1. The molecule has 3 aromatic heterocycles. The molecule has 0 saturated carbocycles. The first-order valence-corrected chi connectivity index (χ1v) is 8.45. The monoisotopic (exact) mass is 375 g/mol. The lowest BCUT2D eigenvalue weighted by Crippen LogP contribution is -2.33. The van der Waals surface area contributed by atoms with Gasteiger partial charge in [-0.3, -0.25) is 14.5 Å². The third-order valence-corrected chi connectivity index (χ3v) is 3.79. The molecule has 0 bridgehead atoms. The Morgan fingerprint density at radius 2 is 2.31 bits per heavy atom. The number of aryl methyl sites for hydroxylation is 1. The van der Waals surface area contributed by atoms with Crippen LogP contribution in [-0.2, 0) is 13.2 Å². The van der Waals surface area contributed by atoms with Gasteiger partial charge in [0.2, 0.25) is 0 Å². The van der Waals surface area contributed by atoms with Gasteiger partial charge in [-0.05, 0) is 19.4 Å². The standard InChI is InChI=1S/C17H18ClN5O3/c1-12(3-6-23-5-2-4-20-23)21-17(24)16-8-15(26-22-16)11-25-14-7-13(18)9-19-10-14/h2,4-5,7-10,12H,3,6,11H2,1H3,(H,21,24). The van der Waals surface area contributed by atoms with E-state index in [1.54, 1.807) is 18.3 Å². The maximum atomic E-state index is 12.2. The summed E-state index contributed by atoms with van der Waals surface area (Å²) in [6.07, 6.45) is 7.41. The SMILES string of the molecule is CC(CCn1cccn1)NC(=O)c1cc(COc2cncc(Cl)c2)on1. The maximum absolute atomic E-state index is 12.2. The number of nitrogens with zero attached hydrogens (tertiary/aromatic N) is 4. The molecule has 0 radical (unpaired) electrons. The topological polar surface area (TPSA) is 95.1 Å². The van der Waals surface area contributed by atoms with Crippen molar-refractivity contribution >= 4 is 17.5 Å². The molecule has 3 rings (SSSR count). The van der Waals surface area contributed by atoms with E-state index >= 15 is 0 Å². The number of pyridine rings is 1. The first-order valence-electron chi connectivity index (χ1n) is 8.07. The summed E-state index contributed by atoms with van der Waals surface area (Å²) >= 11 is 5.84. The molecule has 3 heterocycles. The Balaban J connectivity index is 1.47. The number of carbonyl (C=O) groups excluding carboxylic acids is 1. The highest BCUT2D eigenvalue weighted by atomic mass is 35.5. The number of hydrogen-bond acceptors (Lipinski definition) is 6. The van der Waals surface area contributed by atoms with Gasteiger partial charge >= 0.3 is 0 Å². The molecular weight excluding hydrogens is 358 g/mol. The Morgan fingerprint density at radius 3 is 3.08 bits per heavy atom. The number of hydrogen-bond donors (Lipinski definition) is 1. The zero-order chi connectivity index (χ0) is 18.4. The van der Waals surface area contributed by atoms with Crippen LogP contribution >= 0.6 is 11.6 Å². The van der Waals surface area contributed by atoms with E-state index in [1.165, 1.54) is 12.4 Å². The average molecular weight is 376 g/mol. The van der Waals surface area contributed by atoms with Crippen LogP contribution in [0.15, 0.2) is 47.5 Å². The average Bonchev–Trinajstić information content (AvgIpc) is 3.30. The second-order valence-electron chi connectivity index (χ2n) is 5.74. The zero-order valence-corrected chi connectivity index (χ0v) is 14.9. The Hall–Kier alpha value is -2.87. The lowest BCUT2D eigenvalue weighted by atomic mass is 10.2. The summed E-state index contributed by atoms with van der Waals surface area (Å²) in [6.45, 7) is 2.77. The number of ether oxygens (including phenoxy) is 1. The van der Waals surface area contributed by atoms with Crippen LogP contribution < -0.4 is 10.1 Å². The molecule has 26 heavy (non-hydrogen) atoms. The molecule has 136 valence electrons. The molecule has 9 heteroatoms. The molecule has 1 unspecified atom stereocenters. The molecule has 0 aliphatic heterocycles. The summed E-state index contributed by atoms with van der Waals surface area (Å²) in [5.74, 6) is 0.642. The first kappa shape index (κ1) is 17.9. The van der Waals surface area contributed by atoms with Gasteiger partial charge in [-0.25, -0.2) is 0 Å². The van der Waals surface area contributed by atoms with Crippen LogP contribution in [0.5, 0.6) is 5.75 Å². The molecule has 1 N–H and O–H groups in total. The zero-order valence-electron chi connectivity index (χ0n) is 14.1. The van der Waals surface area contributed by atoms with E-state index in [4.69, 9.17) is 20.9 Å². The fraction of sp³-hybridized carbons (Fsp3) is 0.294. The van der Waals surface area contributed by atoms with Gasteiger partial charge in [0, 0.05) is 43.3 Å². The van der Waals surface area contributed by atoms with Crippen LogP contribution in [0.2, 0.25) is 5.02 Å². The van der Waals surface area contributed by atoms with Gasteiger partial charge in [0.25, 0.3) is 5.91 Å². The van der Waals surface area contributed by atoms with E-state index in [9.17, 15) is 4.79 Å². The van der Waals surface area contributed by atoms with E-state index in [1.807, 2.05) is 23.9 Å². The van der Waals surface area contributed by atoms with Crippen LogP contribution in [0.3, 0.4) is 0 Å². The Labute approximate surface area is 155 Å².